The van der Waals surface area contributed by atoms with Gasteiger partial charge in [0, 0.05) is 12.6 Å². The molecule has 0 bridgehead atoms. The van der Waals surface area contributed by atoms with Gasteiger partial charge in [0.1, 0.15) is 11.9 Å². The lowest BCUT2D eigenvalue weighted by atomic mass is 9.95. The second-order valence-electron chi connectivity index (χ2n) is 5.77. The topological polar surface area (TPSA) is 21.3 Å². The second-order valence-corrected chi connectivity index (χ2v) is 5.77. The molecule has 0 amide bonds. The zero-order chi connectivity index (χ0) is 14.2. The molecule has 1 aliphatic carbocycles. The number of allylic oxidation sites excluding steroid dienone is 1. The summed E-state index contributed by atoms with van der Waals surface area (Å²) in [5.41, 5.74) is 1.21. The van der Waals surface area contributed by atoms with Gasteiger partial charge in [-0.25, -0.2) is 0 Å². The predicted molar refractivity (Wildman–Crippen MR) is 85.3 cm³/mol. The van der Waals surface area contributed by atoms with Crippen molar-refractivity contribution in [3.63, 3.8) is 0 Å². The summed E-state index contributed by atoms with van der Waals surface area (Å²) in [7, 11) is 0. The highest BCUT2D eigenvalue weighted by Crippen LogP contribution is 2.21. The molecule has 110 valence electrons. The maximum absolute atomic E-state index is 6.08. The molecule has 0 spiro atoms. The highest BCUT2D eigenvalue weighted by atomic mass is 16.5. The molecule has 1 fully saturated rings. The lowest BCUT2D eigenvalue weighted by Gasteiger charge is -2.25. The number of rotatable bonds is 7. The van der Waals surface area contributed by atoms with Crippen molar-refractivity contribution in [2.24, 2.45) is 0 Å². The third kappa shape index (κ3) is 4.68. The van der Waals surface area contributed by atoms with Crippen LogP contribution in [0.2, 0.25) is 0 Å². The zero-order valence-electron chi connectivity index (χ0n) is 12.6. The van der Waals surface area contributed by atoms with Crippen molar-refractivity contribution in [2.45, 2.75) is 57.6 Å². The van der Waals surface area contributed by atoms with E-state index in [2.05, 4.69) is 37.0 Å². The fraction of sp³-hybridized carbons (Fsp3) is 0.556. The summed E-state index contributed by atoms with van der Waals surface area (Å²) in [5, 5.41) is 3.65. The Bertz CT molecular complexity index is 410. The first-order valence-corrected chi connectivity index (χ1v) is 7.88. The SMILES string of the molecule is C=CCc1ccccc1OC(C)CNC1CCCCC1. The molecule has 0 heterocycles. The summed E-state index contributed by atoms with van der Waals surface area (Å²) in [6.07, 6.45) is 9.76. The molecule has 1 aliphatic rings. The van der Waals surface area contributed by atoms with Crippen LogP contribution in [0.15, 0.2) is 36.9 Å². The molecule has 0 radical (unpaired) electrons. The van der Waals surface area contributed by atoms with Crippen LogP contribution in [0.25, 0.3) is 0 Å². The maximum atomic E-state index is 6.08. The van der Waals surface area contributed by atoms with E-state index in [4.69, 9.17) is 4.74 Å². The molecule has 1 aromatic rings. The van der Waals surface area contributed by atoms with Gasteiger partial charge in [-0.05, 0) is 37.8 Å². The largest absolute Gasteiger partial charge is 0.489 e. The maximum Gasteiger partial charge on any atom is 0.123 e. The minimum atomic E-state index is 0.197. The number of hydrogen-bond acceptors (Lipinski definition) is 2. The van der Waals surface area contributed by atoms with Crippen LogP contribution < -0.4 is 10.1 Å². The van der Waals surface area contributed by atoms with Crippen LogP contribution in [0.3, 0.4) is 0 Å². The van der Waals surface area contributed by atoms with E-state index in [9.17, 15) is 0 Å². The van der Waals surface area contributed by atoms with Gasteiger partial charge in [-0.2, -0.15) is 0 Å². The fourth-order valence-corrected chi connectivity index (χ4v) is 2.84. The van der Waals surface area contributed by atoms with Gasteiger partial charge in [0.2, 0.25) is 0 Å². The molecule has 1 saturated carbocycles. The third-order valence-corrected chi connectivity index (χ3v) is 3.96. The van der Waals surface area contributed by atoms with Crippen LogP contribution >= 0.6 is 0 Å². The Morgan fingerprint density at radius 2 is 2.05 bits per heavy atom. The van der Waals surface area contributed by atoms with Crippen LogP contribution in [0.4, 0.5) is 0 Å². The molecule has 1 unspecified atom stereocenters. The van der Waals surface area contributed by atoms with Crippen molar-refractivity contribution in [2.75, 3.05) is 6.54 Å². The average molecular weight is 273 g/mol. The van der Waals surface area contributed by atoms with E-state index in [0.29, 0.717) is 6.04 Å². The van der Waals surface area contributed by atoms with Crippen LogP contribution in [0, 0.1) is 0 Å². The van der Waals surface area contributed by atoms with Crippen molar-refractivity contribution in [1.29, 1.82) is 0 Å². The number of benzene rings is 1. The molecular formula is C18H27NO. The van der Waals surface area contributed by atoms with Crippen LogP contribution in [-0.4, -0.2) is 18.7 Å². The van der Waals surface area contributed by atoms with Gasteiger partial charge in [0.15, 0.2) is 0 Å². The van der Waals surface area contributed by atoms with Crippen LogP contribution in [-0.2, 0) is 6.42 Å². The smallest absolute Gasteiger partial charge is 0.123 e. The highest BCUT2D eigenvalue weighted by Gasteiger charge is 2.14. The van der Waals surface area contributed by atoms with Crippen LogP contribution in [0.1, 0.15) is 44.6 Å². The van der Waals surface area contributed by atoms with E-state index in [1.807, 2.05) is 12.1 Å². The molecule has 2 heteroatoms. The first-order valence-electron chi connectivity index (χ1n) is 7.88. The van der Waals surface area contributed by atoms with Gasteiger partial charge in [-0.1, -0.05) is 43.5 Å². The number of nitrogens with one attached hydrogen (secondary N) is 1. The van der Waals surface area contributed by atoms with Gasteiger partial charge in [0.25, 0.3) is 0 Å². The Hall–Kier alpha value is -1.28. The first-order chi connectivity index (χ1) is 9.79. The van der Waals surface area contributed by atoms with E-state index in [-0.39, 0.29) is 6.10 Å². The van der Waals surface area contributed by atoms with Gasteiger partial charge in [-0.15, -0.1) is 6.58 Å². The summed E-state index contributed by atoms with van der Waals surface area (Å²) in [4.78, 5) is 0. The Balaban J connectivity index is 1.81. The van der Waals surface area contributed by atoms with E-state index in [1.165, 1.54) is 37.7 Å². The van der Waals surface area contributed by atoms with E-state index in [0.717, 1.165) is 18.7 Å². The number of para-hydroxylation sites is 1. The standard InChI is InChI=1S/C18H27NO/c1-3-9-16-10-7-8-13-18(16)20-15(2)14-19-17-11-5-4-6-12-17/h3,7-8,10,13,15,17,19H,1,4-6,9,11-12,14H2,2H3. The highest BCUT2D eigenvalue weighted by molar-refractivity contribution is 5.34. The summed E-state index contributed by atoms with van der Waals surface area (Å²) >= 11 is 0. The van der Waals surface area contributed by atoms with E-state index < -0.39 is 0 Å². The molecule has 2 rings (SSSR count). The van der Waals surface area contributed by atoms with Gasteiger partial charge >= 0.3 is 0 Å². The normalized spacial score (nSPS) is 17.6. The van der Waals surface area contributed by atoms with E-state index >= 15 is 0 Å². The summed E-state index contributed by atoms with van der Waals surface area (Å²) in [6.45, 7) is 6.87. The van der Waals surface area contributed by atoms with Gasteiger partial charge in [-0.3, -0.25) is 0 Å². The molecular weight excluding hydrogens is 246 g/mol. The second kappa shape index (κ2) is 8.11. The van der Waals surface area contributed by atoms with Crippen LogP contribution in [0.5, 0.6) is 5.75 Å². The minimum absolute atomic E-state index is 0.197. The lowest BCUT2D eigenvalue weighted by Crippen LogP contribution is -2.37. The van der Waals surface area contributed by atoms with Crippen molar-refractivity contribution in [1.82, 2.24) is 5.32 Å². The Morgan fingerprint density at radius 1 is 1.30 bits per heavy atom. The number of ether oxygens (including phenoxy) is 1. The predicted octanol–water partition coefficient (Wildman–Crippen LogP) is 4.10. The molecule has 1 N–H and O–H groups in total. The molecule has 2 nitrogen and oxygen atoms in total. The first kappa shape index (κ1) is 15.1. The average Bonchev–Trinajstić information content (AvgIpc) is 2.49. The quantitative estimate of drug-likeness (QED) is 0.755. The minimum Gasteiger partial charge on any atom is -0.489 e. The fourth-order valence-electron chi connectivity index (χ4n) is 2.84. The van der Waals surface area contributed by atoms with Gasteiger partial charge in [0.05, 0.1) is 0 Å². The Kier molecular flexibility index (Phi) is 6.13. The van der Waals surface area contributed by atoms with Crippen molar-refractivity contribution in [3.8, 4) is 5.75 Å². The Morgan fingerprint density at radius 3 is 2.80 bits per heavy atom. The molecule has 0 aliphatic heterocycles. The molecule has 0 aromatic heterocycles. The molecule has 0 saturated heterocycles. The molecule has 20 heavy (non-hydrogen) atoms. The molecule has 1 aromatic carbocycles. The van der Waals surface area contributed by atoms with Crippen molar-refractivity contribution in [3.05, 3.63) is 42.5 Å². The summed E-state index contributed by atoms with van der Waals surface area (Å²) in [5.74, 6) is 0.991. The lowest BCUT2D eigenvalue weighted by molar-refractivity contribution is 0.204. The van der Waals surface area contributed by atoms with Crippen molar-refractivity contribution < 1.29 is 4.74 Å². The summed E-state index contributed by atoms with van der Waals surface area (Å²) < 4.78 is 6.08. The van der Waals surface area contributed by atoms with Gasteiger partial charge < -0.3 is 10.1 Å². The Labute approximate surface area is 123 Å². The third-order valence-electron chi connectivity index (χ3n) is 3.96. The zero-order valence-corrected chi connectivity index (χ0v) is 12.6. The van der Waals surface area contributed by atoms with Crippen molar-refractivity contribution >= 4 is 0 Å². The van der Waals surface area contributed by atoms with E-state index in [1.54, 1.807) is 0 Å². The number of hydrogen-bond donors (Lipinski definition) is 1. The summed E-state index contributed by atoms with van der Waals surface area (Å²) in [6, 6.07) is 8.94. The molecule has 1 atom stereocenters. The monoisotopic (exact) mass is 273 g/mol.